The Balaban J connectivity index is 3.44. The molecule has 0 aliphatic rings. The predicted octanol–water partition coefficient (Wildman–Crippen LogP) is 4.19. The van der Waals surface area contributed by atoms with Crippen molar-refractivity contribution in [1.82, 2.24) is 0 Å². The van der Waals surface area contributed by atoms with Gasteiger partial charge in [0.1, 0.15) is 0 Å². The molecule has 0 saturated heterocycles. The van der Waals surface area contributed by atoms with Crippen LogP contribution in [0.25, 0.3) is 0 Å². The zero-order valence-electron chi connectivity index (χ0n) is 7.15. The maximum absolute atomic E-state index is 12.6. The molecular formula is C9H6BrF2IO. The predicted molar refractivity (Wildman–Crippen MR) is 61.8 cm³/mol. The van der Waals surface area contributed by atoms with E-state index in [0.29, 0.717) is 8.04 Å². The van der Waals surface area contributed by atoms with Gasteiger partial charge in [0.05, 0.1) is 0 Å². The standard InChI is InChI=1S/C9H6BrF2IO/c1-4(14)6-2-5(10)3-7(13)8(6)9(11)12/h2-3,9H,1H3. The van der Waals surface area contributed by atoms with Crippen LogP contribution in [0.1, 0.15) is 29.3 Å². The van der Waals surface area contributed by atoms with Gasteiger partial charge in [-0.15, -0.1) is 0 Å². The fourth-order valence-corrected chi connectivity index (χ4v) is 2.85. The summed E-state index contributed by atoms with van der Waals surface area (Å²) in [5, 5.41) is 0. The van der Waals surface area contributed by atoms with E-state index in [1.807, 2.05) is 0 Å². The van der Waals surface area contributed by atoms with Crippen LogP contribution in [0, 0.1) is 3.57 Å². The molecule has 14 heavy (non-hydrogen) atoms. The van der Waals surface area contributed by atoms with E-state index in [1.165, 1.54) is 13.0 Å². The molecule has 0 atom stereocenters. The van der Waals surface area contributed by atoms with Crippen LogP contribution in [-0.2, 0) is 0 Å². The molecule has 0 aliphatic heterocycles. The number of halogens is 4. The lowest BCUT2D eigenvalue weighted by molar-refractivity contribution is 0.0998. The smallest absolute Gasteiger partial charge is 0.265 e. The van der Waals surface area contributed by atoms with Crippen molar-refractivity contribution in [3.05, 3.63) is 31.3 Å². The van der Waals surface area contributed by atoms with E-state index >= 15 is 0 Å². The topological polar surface area (TPSA) is 17.1 Å². The lowest BCUT2D eigenvalue weighted by Gasteiger charge is -2.09. The summed E-state index contributed by atoms with van der Waals surface area (Å²) in [7, 11) is 0. The second-order valence-corrected chi connectivity index (χ2v) is 4.78. The van der Waals surface area contributed by atoms with Gasteiger partial charge in [0.2, 0.25) is 0 Å². The van der Waals surface area contributed by atoms with Gasteiger partial charge >= 0.3 is 0 Å². The molecule has 76 valence electrons. The molecule has 0 N–H and O–H groups in total. The lowest BCUT2D eigenvalue weighted by atomic mass is 10.1. The van der Waals surface area contributed by atoms with Crippen LogP contribution in [0.5, 0.6) is 0 Å². The third-order valence-electron chi connectivity index (χ3n) is 1.69. The summed E-state index contributed by atoms with van der Waals surface area (Å²) >= 11 is 4.96. The number of benzene rings is 1. The second-order valence-electron chi connectivity index (χ2n) is 2.71. The van der Waals surface area contributed by atoms with Gasteiger partial charge in [0.25, 0.3) is 6.43 Å². The minimum absolute atomic E-state index is 0.0822. The molecule has 1 aromatic carbocycles. The van der Waals surface area contributed by atoms with Crippen LogP contribution in [-0.4, -0.2) is 5.78 Å². The zero-order chi connectivity index (χ0) is 10.9. The molecular weight excluding hydrogens is 369 g/mol. The van der Waals surface area contributed by atoms with Crippen LogP contribution < -0.4 is 0 Å². The molecule has 5 heteroatoms. The van der Waals surface area contributed by atoms with Gasteiger partial charge in [0.15, 0.2) is 5.78 Å². The Kier molecular flexibility index (Phi) is 4.00. The number of carbonyl (C=O) groups excluding carboxylic acids is 1. The van der Waals surface area contributed by atoms with Crippen molar-refractivity contribution >= 4 is 44.3 Å². The second kappa shape index (κ2) is 4.65. The number of ketones is 1. The van der Waals surface area contributed by atoms with E-state index in [-0.39, 0.29) is 16.9 Å². The maximum atomic E-state index is 12.6. The van der Waals surface area contributed by atoms with E-state index in [0.717, 1.165) is 0 Å². The molecule has 0 radical (unpaired) electrons. The van der Waals surface area contributed by atoms with Crippen molar-refractivity contribution in [3.63, 3.8) is 0 Å². The number of Topliss-reactive ketones (excluding diaryl/α,β-unsaturated/α-hetero) is 1. The van der Waals surface area contributed by atoms with Crippen LogP contribution in [0.4, 0.5) is 8.78 Å². The van der Waals surface area contributed by atoms with Crippen LogP contribution >= 0.6 is 38.5 Å². The first-order valence-corrected chi connectivity index (χ1v) is 5.58. The molecule has 0 aromatic heterocycles. The van der Waals surface area contributed by atoms with Crippen LogP contribution in [0.15, 0.2) is 16.6 Å². The first-order valence-electron chi connectivity index (χ1n) is 3.71. The fourth-order valence-electron chi connectivity index (χ4n) is 1.10. The highest BCUT2D eigenvalue weighted by atomic mass is 127. The average Bonchev–Trinajstić information content (AvgIpc) is 2.01. The van der Waals surface area contributed by atoms with Crippen LogP contribution in [0.2, 0.25) is 0 Å². The molecule has 0 unspecified atom stereocenters. The normalized spacial score (nSPS) is 10.7. The Morgan fingerprint density at radius 3 is 2.50 bits per heavy atom. The van der Waals surface area contributed by atoms with Gasteiger partial charge in [-0.1, -0.05) is 15.9 Å². The highest BCUT2D eigenvalue weighted by Gasteiger charge is 2.19. The highest BCUT2D eigenvalue weighted by Crippen LogP contribution is 2.31. The number of hydrogen-bond donors (Lipinski definition) is 0. The summed E-state index contributed by atoms with van der Waals surface area (Å²) in [6.07, 6.45) is -2.62. The number of carbonyl (C=O) groups is 1. The third kappa shape index (κ3) is 2.50. The van der Waals surface area contributed by atoms with E-state index in [9.17, 15) is 13.6 Å². The van der Waals surface area contributed by atoms with Crippen molar-refractivity contribution in [1.29, 1.82) is 0 Å². The maximum Gasteiger partial charge on any atom is 0.265 e. The summed E-state index contributed by atoms with van der Waals surface area (Å²) < 4.78 is 26.3. The van der Waals surface area contributed by atoms with Gasteiger partial charge < -0.3 is 0 Å². The Bertz CT molecular complexity index is 379. The van der Waals surface area contributed by atoms with E-state index in [2.05, 4.69) is 15.9 Å². The minimum atomic E-state index is -2.62. The fraction of sp³-hybridized carbons (Fsp3) is 0.222. The van der Waals surface area contributed by atoms with Gasteiger partial charge in [-0.25, -0.2) is 8.78 Å². The average molecular weight is 375 g/mol. The van der Waals surface area contributed by atoms with E-state index < -0.39 is 6.43 Å². The quantitative estimate of drug-likeness (QED) is 0.560. The van der Waals surface area contributed by atoms with Gasteiger partial charge in [-0.05, 0) is 41.6 Å². The third-order valence-corrected chi connectivity index (χ3v) is 3.04. The number of hydrogen-bond acceptors (Lipinski definition) is 1. The summed E-state index contributed by atoms with van der Waals surface area (Å²) in [4.78, 5) is 11.1. The first kappa shape index (κ1) is 12.0. The summed E-state index contributed by atoms with van der Waals surface area (Å²) in [5.41, 5.74) is -0.0972. The Labute approximate surface area is 102 Å². The number of alkyl halides is 2. The molecule has 0 bridgehead atoms. The lowest BCUT2D eigenvalue weighted by Crippen LogP contribution is -2.02. The van der Waals surface area contributed by atoms with Crippen molar-refractivity contribution in [2.45, 2.75) is 13.3 Å². The monoisotopic (exact) mass is 374 g/mol. The molecule has 0 amide bonds. The van der Waals surface area contributed by atoms with Crippen molar-refractivity contribution in [2.75, 3.05) is 0 Å². The van der Waals surface area contributed by atoms with E-state index in [4.69, 9.17) is 0 Å². The first-order chi connectivity index (χ1) is 6.43. The molecule has 0 spiro atoms. The minimum Gasteiger partial charge on any atom is -0.294 e. The Hall–Kier alpha value is -0.0400. The van der Waals surface area contributed by atoms with Gasteiger partial charge in [-0.3, -0.25) is 4.79 Å². The van der Waals surface area contributed by atoms with Crippen LogP contribution in [0.3, 0.4) is 0 Å². The Morgan fingerprint density at radius 1 is 1.50 bits per heavy atom. The summed E-state index contributed by atoms with van der Waals surface area (Å²) in [6.45, 7) is 1.28. The van der Waals surface area contributed by atoms with Crippen molar-refractivity contribution < 1.29 is 13.6 Å². The van der Waals surface area contributed by atoms with Crippen molar-refractivity contribution in [2.24, 2.45) is 0 Å². The summed E-state index contributed by atoms with van der Waals surface area (Å²) in [5.74, 6) is -0.348. The van der Waals surface area contributed by atoms with E-state index in [1.54, 1.807) is 28.7 Å². The van der Waals surface area contributed by atoms with Gasteiger partial charge in [0, 0.05) is 19.2 Å². The molecule has 0 saturated carbocycles. The highest BCUT2D eigenvalue weighted by molar-refractivity contribution is 14.1. The molecule has 0 heterocycles. The van der Waals surface area contributed by atoms with Gasteiger partial charge in [-0.2, -0.15) is 0 Å². The molecule has 0 aliphatic carbocycles. The summed E-state index contributed by atoms with van der Waals surface area (Å²) in [6, 6.07) is 2.99. The zero-order valence-corrected chi connectivity index (χ0v) is 10.9. The SMILES string of the molecule is CC(=O)c1cc(Br)cc(I)c1C(F)F. The number of rotatable bonds is 2. The van der Waals surface area contributed by atoms with Crippen molar-refractivity contribution in [3.8, 4) is 0 Å². The molecule has 0 fully saturated rings. The Morgan fingerprint density at radius 2 is 2.07 bits per heavy atom. The molecule has 1 nitrogen and oxygen atoms in total. The largest absolute Gasteiger partial charge is 0.294 e. The molecule has 1 rings (SSSR count). The molecule has 1 aromatic rings.